The zero-order valence-corrected chi connectivity index (χ0v) is 6.38. The third-order valence-corrected chi connectivity index (χ3v) is 1.49. The van der Waals surface area contributed by atoms with Crippen LogP contribution < -0.4 is 0 Å². The molecule has 1 aromatic rings. The lowest BCUT2D eigenvalue weighted by Gasteiger charge is -2.05. The number of phenols is 2. The van der Waals surface area contributed by atoms with E-state index < -0.39 is 40.5 Å². The van der Waals surface area contributed by atoms with Crippen LogP contribution in [0.15, 0.2) is 0 Å². The normalized spacial score (nSPS) is 10.2. The number of carboxylic acid groups (broad SMARTS) is 1. The van der Waals surface area contributed by atoms with E-state index in [4.69, 9.17) is 15.3 Å². The van der Waals surface area contributed by atoms with Gasteiger partial charge in [-0.25, -0.2) is 13.6 Å². The molecule has 0 atom stereocenters. The van der Waals surface area contributed by atoms with Crippen LogP contribution in [0.5, 0.6) is 11.5 Å². The summed E-state index contributed by atoms with van der Waals surface area (Å²) >= 11 is 0. The van der Waals surface area contributed by atoms with Gasteiger partial charge >= 0.3 is 5.97 Å². The lowest BCUT2D eigenvalue weighted by atomic mass is 10.1. The Kier molecular flexibility index (Phi) is 2.24. The molecular formula is C7H3F3O4. The number of aromatic carboxylic acids is 1. The van der Waals surface area contributed by atoms with E-state index in [-0.39, 0.29) is 0 Å². The van der Waals surface area contributed by atoms with Crippen molar-refractivity contribution in [2.75, 3.05) is 0 Å². The van der Waals surface area contributed by atoms with Crippen molar-refractivity contribution in [3.8, 4) is 11.5 Å². The van der Waals surface area contributed by atoms with E-state index in [0.717, 1.165) is 0 Å². The largest absolute Gasteiger partial charge is 0.502 e. The van der Waals surface area contributed by atoms with Gasteiger partial charge in [-0.2, -0.15) is 4.39 Å². The van der Waals surface area contributed by atoms with E-state index in [1.807, 2.05) is 0 Å². The quantitative estimate of drug-likeness (QED) is 0.478. The van der Waals surface area contributed by atoms with Gasteiger partial charge in [-0.15, -0.1) is 0 Å². The van der Waals surface area contributed by atoms with Crippen LogP contribution in [0, 0.1) is 17.5 Å². The fourth-order valence-corrected chi connectivity index (χ4v) is 0.824. The first-order valence-corrected chi connectivity index (χ1v) is 3.19. The molecule has 0 amide bonds. The molecule has 0 aliphatic heterocycles. The number of benzene rings is 1. The predicted octanol–water partition coefficient (Wildman–Crippen LogP) is 1.21. The summed E-state index contributed by atoms with van der Waals surface area (Å²) in [5.74, 6) is -11.4. The van der Waals surface area contributed by atoms with Gasteiger partial charge in [0.05, 0.1) is 0 Å². The number of carbonyl (C=O) groups is 1. The summed E-state index contributed by atoms with van der Waals surface area (Å²) in [4.78, 5) is 10.2. The third-order valence-electron chi connectivity index (χ3n) is 1.49. The molecule has 0 fully saturated rings. The maximum atomic E-state index is 12.8. The molecule has 0 aliphatic rings. The first kappa shape index (κ1) is 10.2. The summed E-state index contributed by atoms with van der Waals surface area (Å²) in [5, 5.41) is 25.5. The standard InChI is InChI=1S/C7H3F3O4/c8-2-1(7(13)14)3(9)5(11)6(12)4(2)10/h11-12H,(H,13,14). The zero-order valence-electron chi connectivity index (χ0n) is 6.38. The molecule has 1 aromatic carbocycles. The van der Waals surface area contributed by atoms with Crippen LogP contribution in [0.4, 0.5) is 13.2 Å². The van der Waals surface area contributed by atoms with Crippen molar-refractivity contribution in [3.63, 3.8) is 0 Å². The second-order valence-corrected chi connectivity index (χ2v) is 2.32. The van der Waals surface area contributed by atoms with Crippen molar-refractivity contribution in [3.05, 3.63) is 23.0 Å². The Morgan fingerprint density at radius 3 is 1.79 bits per heavy atom. The van der Waals surface area contributed by atoms with Gasteiger partial charge in [0.1, 0.15) is 5.56 Å². The average molecular weight is 208 g/mol. The number of carboxylic acids is 1. The molecule has 0 aliphatic carbocycles. The van der Waals surface area contributed by atoms with Gasteiger partial charge in [-0.05, 0) is 0 Å². The maximum Gasteiger partial charge on any atom is 0.341 e. The van der Waals surface area contributed by atoms with Gasteiger partial charge in [0.15, 0.2) is 23.1 Å². The van der Waals surface area contributed by atoms with E-state index in [0.29, 0.717) is 0 Å². The number of rotatable bonds is 1. The lowest BCUT2D eigenvalue weighted by molar-refractivity contribution is 0.0683. The van der Waals surface area contributed by atoms with Crippen LogP contribution >= 0.6 is 0 Å². The van der Waals surface area contributed by atoms with Gasteiger partial charge in [-0.1, -0.05) is 0 Å². The first-order chi connectivity index (χ1) is 6.37. The Morgan fingerprint density at radius 2 is 1.36 bits per heavy atom. The van der Waals surface area contributed by atoms with Gasteiger partial charge in [0.2, 0.25) is 5.82 Å². The van der Waals surface area contributed by atoms with Crippen molar-refractivity contribution < 1.29 is 33.3 Å². The fraction of sp³-hybridized carbons (Fsp3) is 0. The summed E-state index contributed by atoms with van der Waals surface area (Å²) in [6.45, 7) is 0. The van der Waals surface area contributed by atoms with Crippen molar-refractivity contribution >= 4 is 5.97 Å². The fourth-order valence-electron chi connectivity index (χ4n) is 0.824. The highest BCUT2D eigenvalue weighted by Crippen LogP contribution is 2.35. The van der Waals surface area contributed by atoms with Crippen LogP contribution in [0.2, 0.25) is 0 Å². The number of halogens is 3. The lowest BCUT2D eigenvalue weighted by Crippen LogP contribution is -2.07. The minimum absolute atomic E-state index is 1.64. The summed E-state index contributed by atoms with van der Waals surface area (Å²) in [7, 11) is 0. The molecule has 7 heteroatoms. The highest BCUT2D eigenvalue weighted by molar-refractivity contribution is 5.89. The Morgan fingerprint density at radius 1 is 0.929 bits per heavy atom. The van der Waals surface area contributed by atoms with E-state index in [1.165, 1.54) is 0 Å². The number of phenolic OH excluding ortho intramolecular Hbond substituents is 2. The second kappa shape index (κ2) is 3.09. The Hall–Kier alpha value is -1.92. The molecule has 3 N–H and O–H groups in total. The molecule has 0 saturated heterocycles. The van der Waals surface area contributed by atoms with Gasteiger partial charge < -0.3 is 15.3 Å². The van der Waals surface area contributed by atoms with E-state index in [2.05, 4.69) is 0 Å². The molecule has 0 bridgehead atoms. The van der Waals surface area contributed by atoms with Crippen LogP contribution in [-0.2, 0) is 0 Å². The molecule has 0 radical (unpaired) electrons. The number of hydrogen-bond donors (Lipinski definition) is 3. The summed E-state index contributed by atoms with van der Waals surface area (Å²) < 4.78 is 38.0. The Bertz CT molecular complexity index is 387. The van der Waals surface area contributed by atoms with Crippen LogP contribution in [-0.4, -0.2) is 21.3 Å². The average Bonchev–Trinajstić information content (AvgIpc) is 2.11. The second-order valence-electron chi connectivity index (χ2n) is 2.32. The van der Waals surface area contributed by atoms with Crippen molar-refractivity contribution in [1.29, 1.82) is 0 Å². The highest BCUT2D eigenvalue weighted by Gasteiger charge is 2.28. The SMILES string of the molecule is O=C(O)c1c(F)c(O)c(O)c(F)c1F. The summed E-state index contributed by atoms with van der Waals surface area (Å²) in [6, 6.07) is 0. The molecule has 1 rings (SSSR count). The van der Waals surface area contributed by atoms with Gasteiger partial charge in [0.25, 0.3) is 0 Å². The first-order valence-electron chi connectivity index (χ1n) is 3.19. The zero-order chi connectivity index (χ0) is 11.0. The van der Waals surface area contributed by atoms with Gasteiger partial charge in [-0.3, -0.25) is 0 Å². The molecule has 4 nitrogen and oxygen atoms in total. The molecule has 0 heterocycles. The van der Waals surface area contributed by atoms with Crippen LogP contribution in [0.1, 0.15) is 10.4 Å². The third kappa shape index (κ3) is 1.22. The number of aromatic hydroxyl groups is 2. The molecule has 76 valence electrons. The summed E-state index contributed by atoms with van der Waals surface area (Å²) in [5.41, 5.74) is -1.65. The smallest absolute Gasteiger partial charge is 0.341 e. The predicted molar refractivity (Wildman–Crippen MR) is 36.6 cm³/mol. The van der Waals surface area contributed by atoms with Crippen LogP contribution in [0.25, 0.3) is 0 Å². The molecule has 0 saturated carbocycles. The van der Waals surface area contributed by atoms with Gasteiger partial charge in [0, 0.05) is 0 Å². The van der Waals surface area contributed by atoms with Crippen molar-refractivity contribution in [1.82, 2.24) is 0 Å². The van der Waals surface area contributed by atoms with E-state index >= 15 is 0 Å². The number of hydrogen-bond acceptors (Lipinski definition) is 3. The molecule has 14 heavy (non-hydrogen) atoms. The highest BCUT2D eigenvalue weighted by atomic mass is 19.2. The molecule has 0 spiro atoms. The Labute approximate surface area is 74.8 Å². The molecule has 0 aromatic heterocycles. The van der Waals surface area contributed by atoms with Crippen molar-refractivity contribution in [2.45, 2.75) is 0 Å². The summed E-state index contributed by atoms with van der Waals surface area (Å²) in [6.07, 6.45) is 0. The maximum absolute atomic E-state index is 12.8. The topological polar surface area (TPSA) is 77.8 Å². The minimum atomic E-state index is -2.09. The molecular weight excluding hydrogens is 205 g/mol. The molecule has 0 unspecified atom stereocenters. The monoisotopic (exact) mass is 208 g/mol. The van der Waals surface area contributed by atoms with E-state index in [9.17, 15) is 18.0 Å². The van der Waals surface area contributed by atoms with Crippen LogP contribution in [0.3, 0.4) is 0 Å². The van der Waals surface area contributed by atoms with E-state index in [1.54, 1.807) is 0 Å². The Balaban J connectivity index is 3.68. The minimum Gasteiger partial charge on any atom is -0.502 e. The van der Waals surface area contributed by atoms with Crippen molar-refractivity contribution in [2.24, 2.45) is 0 Å².